The molecule has 0 bridgehead atoms. The zero-order valence-electron chi connectivity index (χ0n) is 24.4. The van der Waals surface area contributed by atoms with Crippen LogP contribution in [0.1, 0.15) is 48.9 Å². The molecule has 0 unspecified atom stereocenters. The van der Waals surface area contributed by atoms with Crippen LogP contribution in [0.15, 0.2) is 76.6 Å². The van der Waals surface area contributed by atoms with Crippen molar-refractivity contribution in [2.24, 2.45) is 0 Å². The van der Waals surface area contributed by atoms with Gasteiger partial charge in [-0.25, -0.2) is 0 Å². The van der Waals surface area contributed by atoms with Gasteiger partial charge in [-0.05, 0) is 60.0 Å². The molecule has 0 radical (unpaired) electrons. The summed E-state index contributed by atoms with van der Waals surface area (Å²) in [4.78, 5) is 28.7. The van der Waals surface area contributed by atoms with Gasteiger partial charge in [-0.15, -0.1) is 10.2 Å². The highest BCUT2D eigenvalue weighted by Gasteiger charge is 2.48. The van der Waals surface area contributed by atoms with E-state index in [2.05, 4.69) is 17.1 Å². The van der Waals surface area contributed by atoms with Crippen LogP contribution in [-0.2, 0) is 15.3 Å². The maximum Gasteiger partial charge on any atom is 0.301 e. The summed E-state index contributed by atoms with van der Waals surface area (Å²) in [5.74, 6) is 0.255. The van der Waals surface area contributed by atoms with E-state index in [1.807, 2.05) is 36.4 Å². The van der Waals surface area contributed by atoms with Gasteiger partial charge in [0.2, 0.25) is 5.13 Å². The molecule has 1 aromatic heterocycles. The van der Waals surface area contributed by atoms with Crippen molar-refractivity contribution in [3.8, 4) is 17.2 Å². The summed E-state index contributed by atoms with van der Waals surface area (Å²) in [7, 11) is 0. The van der Waals surface area contributed by atoms with E-state index in [4.69, 9.17) is 25.8 Å². The lowest BCUT2D eigenvalue weighted by Crippen LogP contribution is -2.29. The van der Waals surface area contributed by atoms with Gasteiger partial charge in [-0.1, -0.05) is 78.7 Å². The van der Waals surface area contributed by atoms with Gasteiger partial charge in [0.1, 0.15) is 24.7 Å². The van der Waals surface area contributed by atoms with E-state index in [1.165, 1.54) is 28.0 Å². The van der Waals surface area contributed by atoms with E-state index in [0.29, 0.717) is 63.3 Å². The molecule has 3 aromatic carbocycles. The second-order valence-electron chi connectivity index (χ2n) is 10.4. The molecule has 2 aliphatic rings. The Kier molecular flexibility index (Phi) is 9.58. The Morgan fingerprint density at radius 3 is 2.64 bits per heavy atom. The monoisotopic (exact) mass is 663 g/mol. The first-order chi connectivity index (χ1) is 21.9. The van der Waals surface area contributed by atoms with Crippen molar-refractivity contribution in [1.82, 2.24) is 10.2 Å². The fourth-order valence-electron chi connectivity index (χ4n) is 5.09. The number of hydrogen-bond donors (Lipinski definition) is 1. The normalized spacial score (nSPS) is 17.1. The third-order valence-corrected chi connectivity index (χ3v) is 9.71. The van der Waals surface area contributed by atoms with Crippen LogP contribution < -0.4 is 19.1 Å². The average Bonchev–Trinajstić information content (AvgIpc) is 3.64. The Morgan fingerprint density at radius 2 is 1.84 bits per heavy atom. The fraction of sp³-hybridized carbons (Fsp3) is 0.273. The van der Waals surface area contributed by atoms with Crippen LogP contribution in [0.3, 0.4) is 0 Å². The first-order valence-corrected chi connectivity index (χ1v) is 16.8. The number of ether oxygens (including phenoxy) is 3. The number of amides is 1. The number of anilines is 1. The molecule has 45 heavy (non-hydrogen) atoms. The van der Waals surface area contributed by atoms with Crippen molar-refractivity contribution in [2.75, 3.05) is 24.7 Å². The van der Waals surface area contributed by atoms with Gasteiger partial charge >= 0.3 is 5.91 Å². The summed E-state index contributed by atoms with van der Waals surface area (Å²) in [5.41, 5.74) is 1.90. The highest BCUT2D eigenvalue weighted by atomic mass is 35.5. The van der Waals surface area contributed by atoms with Crippen molar-refractivity contribution < 1.29 is 28.9 Å². The standard InChI is InChI=1S/C33H30ClN3O6S2/c1-2-3-4-14-41-24-7-5-6-21(17-24)28-27(29(38)22-10-13-25-26(18-22)43-16-15-42-25)30(39)31(40)37(28)32-35-36-33(45-32)44-19-20-8-11-23(34)12-9-20/h5-13,17-18,28,38H,2-4,14-16,19H2,1H3/t28-/m1/s1. The van der Waals surface area contributed by atoms with Crippen molar-refractivity contribution in [2.45, 2.75) is 42.3 Å². The Morgan fingerprint density at radius 1 is 1.04 bits per heavy atom. The minimum atomic E-state index is -0.973. The van der Waals surface area contributed by atoms with Crippen molar-refractivity contribution >= 4 is 57.3 Å². The van der Waals surface area contributed by atoms with Gasteiger partial charge < -0.3 is 19.3 Å². The molecular formula is C33H30ClN3O6S2. The number of aromatic nitrogens is 2. The summed E-state index contributed by atoms with van der Waals surface area (Å²) in [5, 5.41) is 21.1. The zero-order chi connectivity index (χ0) is 31.3. The number of thioether (sulfide) groups is 1. The number of carbonyl (C=O) groups is 2. The van der Waals surface area contributed by atoms with Gasteiger partial charge in [0, 0.05) is 16.3 Å². The number of rotatable bonds is 11. The molecular weight excluding hydrogens is 634 g/mol. The smallest absolute Gasteiger partial charge is 0.301 e. The van der Waals surface area contributed by atoms with Gasteiger partial charge in [0.15, 0.2) is 15.8 Å². The van der Waals surface area contributed by atoms with Crippen molar-refractivity contribution in [1.29, 1.82) is 0 Å². The molecule has 1 atom stereocenters. The first-order valence-electron chi connectivity index (χ1n) is 14.6. The number of carbonyl (C=O) groups excluding carboxylic acids is 2. The van der Waals surface area contributed by atoms with E-state index in [-0.39, 0.29) is 16.5 Å². The second-order valence-corrected chi connectivity index (χ2v) is 13.0. The molecule has 0 saturated carbocycles. The fourth-order valence-corrected chi connectivity index (χ4v) is 7.04. The maximum atomic E-state index is 13.7. The summed E-state index contributed by atoms with van der Waals surface area (Å²) < 4.78 is 17.9. The average molecular weight is 664 g/mol. The molecule has 9 nitrogen and oxygen atoms in total. The maximum absolute atomic E-state index is 13.7. The number of aliphatic hydroxyl groups excluding tert-OH is 1. The number of halogens is 1. The molecule has 232 valence electrons. The second kappa shape index (κ2) is 13.9. The van der Waals surface area contributed by atoms with Crippen LogP contribution >= 0.6 is 34.7 Å². The van der Waals surface area contributed by atoms with E-state index in [0.717, 1.165) is 24.8 Å². The lowest BCUT2D eigenvalue weighted by Gasteiger charge is -2.23. The zero-order valence-corrected chi connectivity index (χ0v) is 26.8. The lowest BCUT2D eigenvalue weighted by atomic mass is 9.95. The molecule has 12 heteroatoms. The van der Waals surface area contributed by atoms with Gasteiger partial charge in [-0.3, -0.25) is 14.5 Å². The molecule has 1 N–H and O–H groups in total. The minimum absolute atomic E-state index is 0.0645. The minimum Gasteiger partial charge on any atom is -0.507 e. The molecule has 1 saturated heterocycles. The molecule has 4 aromatic rings. The number of ketones is 1. The van der Waals surface area contributed by atoms with Crippen LogP contribution in [0.4, 0.5) is 5.13 Å². The van der Waals surface area contributed by atoms with Crippen LogP contribution in [0, 0.1) is 0 Å². The number of hydrogen-bond acceptors (Lipinski definition) is 10. The third-order valence-electron chi connectivity index (χ3n) is 7.33. The Hall–Kier alpha value is -4.06. The Labute approximate surface area is 273 Å². The van der Waals surface area contributed by atoms with E-state index in [1.54, 1.807) is 30.3 Å². The van der Waals surface area contributed by atoms with E-state index in [9.17, 15) is 14.7 Å². The summed E-state index contributed by atoms with van der Waals surface area (Å²) in [6, 6.07) is 18.7. The quantitative estimate of drug-likeness (QED) is 0.0437. The number of benzene rings is 3. The van der Waals surface area contributed by atoms with Crippen LogP contribution in [0.25, 0.3) is 5.76 Å². The highest BCUT2D eigenvalue weighted by Crippen LogP contribution is 2.45. The van der Waals surface area contributed by atoms with E-state index < -0.39 is 17.7 Å². The Balaban J connectivity index is 1.37. The molecule has 0 aliphatic carbocycles. The molecule has 1 amide bonds. The summed E-state index contributed by atoms with van der Waals surface area (Å²) >= 11 is 8.68. The highest BCUT2D eigenvalue weighted by molar-refractivity contribution is 8.00. The number of Topliss-reactive ketones (excluding diaryl/α,β-unsaturated/α-hetero) is 1. The van der Waals surface area contributed by atoms with Crippen LogP contribution in [0.5, 0.6) is 17.2 Å². The topological polar surface area (TPSA) is 111 Å². The summed E-state index contributed by atoms with van der Waals surface area (Å²) in [6.45, 7) is 3.45. The van der Waals surface area contributed by atoms with Crippen LogP contribution in [0.2, 0.25) is 5.02 Å². The van der Waals surface area contributed by atoms with Gasteiger partial charge in [0.25, 0.3) is 5.78 Å². The number of fused-ring (bicyclic) bond motifs is 1. The largest absolute Gasteiger partial charge is 0.507 e. The molecule has 1 fully saturated rings. The molecule has 2 aliphatic heterocycles. The van der Waals surface area contributed by atoms with Crippen molar-refractivity contribution in [3.05, 3.63) is 94.0 Å². The van der Waals surface area contributed by atoms with Crippen LogP contribution in [-0.4, -0.2) is 46.8 Å². The molecule has 6 rings (SSSR count). The lowest BCUT2D eigenvalue weighted by molar-refractivity contribution is -0.132. The van der Waals surface area contributed by atoms with Gasteiger partial charge in [0.05, 0.1) is 18.2 Å². The predicted octanol–water partition coefficient (Wildman–Crippen LogP) is 7.45. The Bertz CT molecular complexity index is 1740. The van der Waals surface area contributed by atoms with E-state index >= 15 is 0 Å². The SMILES string of the molecule is CCCCCOc1cccc([C@@H]2C(=C(O)c3ccc4c(c3)OCCO4)C(=O)C(=O)N2c2nnc(SCc3ccc(Cl)cc3)s2)c1. The first kappa shape index (κ1) is 30.9. The predicted molar refractivity (Wildman–Crippen MR) is 175 cm³/mol. The number of nitrogens with zero attached hydrogens (tertiary/aromatic N) is 3. The van der Waals surface area contributed by atoms with Gasteiger partial charge in [-0.2, -0.15) is 0 Å². The molecule has 3 heterocycles. The third kappa shape index (κ3) is 6.80. The number of unbranched alkanes of at least 4 members (excludes halogenated alkanes) is 2. The summed E-state index contributed by atoms with van der Waals surface area (Å²) in [6.07, 6.45) is 3.02. The van der Waals surface area contributed by atoms with Crippen molar-refractivity contribution in [3.63, 3.8) is 0 Å². The molecule has 0 spiro atoms. The number of aliphatic hydroxyl groups is 1.